The lowest BCUT2D eigenvalue weighted by atomic mass is 10.1. The first-order valence-electron chi connectivity index (χ1n) is 12.0. The van der Waals surface area contributed by atoms with Crippen LogP contribution in [-0.2, 0) is 13.8 Å². The third-order valence-electron chi connectivity index (χ3n) is 5.60. The molecule has 0 saturated carbocycles. The third-order valence-corrected chi connectivity index (χ3v) is 8.44. The molecular formula is C25H33N4O5PS. The molecule has 2 unspecified atom stereocenters. The van der Waals surface area contributed by atoms with Crippen LogP contribution in [0.3, 0.4) is 0 Å². The van der Waals surface area contributed by atoms with Gasteiger partial charge >= 0.3 is 5.69 Å². The van der Waals surface area contributed by atoms with E-state index in [1.165, 1.54) is 22.1 Å². The van der Waals surface area contributed by atoms with Crippen LogP contribution in [0.25, 0.3) is 4.85 Å². The molecule has 1 fully saturated rings. The minimum atomic E-state index is -1.45. The number of H-pyrrole nitrogens is 1. The first-order chi connectivity index (χ1) is 17.2. The minimum absolute atomic E-state index is 0.174. The van der Waals surface area contributed by atoms with Crippen LogP contribution >= 0.6 is 19.9 Å². The van der Waals surface area contributed by atoms with Crippen LogP contribution in [0.4, 0.5) is 0 Å². The fraction of sp³-hybridized carbons (Fsp3) is 0.560. The standard InChI is InChI=1S/C25H33N4O5PS/c1-7-21-22(34-35(32-12-11-26-6)29(17(2)3)18(4)5)14-23(33-21)28-15-20(24(30)27-25(28)31)9-8-19-10-13-36-16-19/h10,13,15-18,21-23H,7,11-12,14H2,1-5H3,(H,27,30,31)/t21-,22?,23-,35?/m1/s1. The average molecular weight is 533 g/mol. The second-order valence-corrected chi connectivity index (χ2v) is 11.1. The van der Waals surface area contributed by atoms with Crippen LogP contribution < -0.4 is 11.2 Å². The van der Waals surface area contributed by atoms with Gasteiger partial charge in [-0.15, -0.1) is 0 Å². The molecule has 1 saturated heterocycles. The van der Waals surface area contributed by atoms with E-state index in [-0.39, 0.29) is 43.0 Å². The van der Waals surface area contributed by atoms with Crippen molar-refractivity contribution in [2.24, 2.45) is 0 Å². The molecule has 4 atom stereocenters. The maximum atomic E-state index is 12.7. The minimum Gasteiger partial charge on any atom is -0.352 e. The van der Waals surface area contributed by atoms with Crippen LogP contribution in [0.5, 0.6) is 0 Å². The average Bonchev–Trinajstić information content (AvgIpc) is 3.48. The van der Waals surface area contributed by atoms with Crippen molar-refractivity contribution in [2.45, 2.75) is 78.0 Å². The number of nitrogens with zero attached hydrogens (tertiary/aromatic N) is 3. The highest BCUT2D eigenvalue weighted by atomic mass is 32.1. The Morgan fingerprint density at radius 2 is 2.08 bits per heavy atom. The van der Waals surface area contributed by atoms with Crippen LogP contribution in [0, 0.1) is 18.4 Å². The number of hydrogen-bond acceptors (Lipinski definition) is 7. The summed E-state index contributed by atoms with van der Waals surface area (Å²) in [4.78, 5) is 30.8. The zero-order valence-electron chi connectivity index (χ0n) is 21.3. The lowest BCUT2D eigenvalue weighted by Crippen LogP contribution is -2.36. The van der Waals surface area contributed by atoms with E-state index in [1.807, 2.05) is 23.8 Å². The topological polar surface area (TPSA) is 90.2 Å². The van der Waals surface area contributed by atoms with Gasteiger partial charge in [-0.1, -0.05) is 18.8 Å². The van der Waals surface area contributed by atoms with E-state index >= 15 is 0 Å². The molecule has 0 radical (unpaired) electrons. The Balaban J connectivity index is 1.85. The van der Waals surface area contributed by atoms with Gasteiger partial charge in [0.1, 0.15) is 18.4 Å². The van der Waals surface area contributed by atoms with Crippen LogP contribution in [0.15, 0.2) is 32.6 Å². The second kappa shape index (κ2) is 13.3. The fourth-order valence-electron chi connectivity index (χ4n) is 4.01. The van der Waals surface area contributed by atoms with E-state index in [0.29, 0.717) is 12.8 Å². The van der Waals surface area contributed by atoms with Crippen LogP contribution in [-0.4, -0.2) is 51.7 Å². The maximum absolute atomic E-state index is 12.7. The van der Waals surface area contributed by atoms with Gasteiger partial charge < -0.3 is 18.6 Å². The highest BCUT2D eigenvalue weighted by molar-refractivity contribution is 7.44. The lowest BCUT2D eigenvalue weighted by molar-refractivity contribution is -0.0201. The molecular weight excluding hydrogens is 499 g/mol. The molecule has 11 heteroatoms. The Hall–Kier alpha value is -2.30. The van der Waals surface area contributed by atoms with Gasteiger partial charge in [-0.05, 0) is 45.6 Å². The number of aromatic nitrogens is 2. The van der Waals surface area contributed by atoms with E-state index in [9.17, 15) is 9.59 Å². The SMILES string of the molecule is [C-]#[N+]CCOP(OC1C[C@H](n2cc(C#Cc3ccsc3)c(=O)[nH]c2=O)O[C@@H]1CC)N(C(C)C)C(C)C. The molecule has 3 rings (SSSR count). The monoisotopic (exact) mass is 532 g/mol. The Morgan fingerprint density at radius 1 is 1.33 bits per heavy atom. The summed E-state index contributed by atoms with van der Waals surface area (Å²) in [6.45, 7) is 17.9. The van der Waals surface area contributed by atoms with E-state index < -0.39 is 26.0 Å². The van der Waals surface area contributed by atoms with E-state index in [2.05, 4.69) is 54.0 Å². The van der Waals surface area contributed by atoms with Crippen molar-refractivity contribution in [3.05, 3.63) is 66.4 Å². The van der Waals surface area contributed by atoms with Gasteiger partial charge in [0.15, 0.2) is 0 Å². The molecule has 0 aromatic carbocycles. The number of rotatable bonds is 10. The Bertz CT molecular complexity index is 1200. The van der Waals surface area contributed by atoms with Crippen LogP contribution in [0.1, 0.15) is 64.8 Å². The van der Waals surface area contributed by atoms with Crippen molar-refractivity contribution >= 4 is 19.9 Å². The molecule has 1 N–H and O–H groups in total. The summed E-state index contributed by atoms with van der Waals surface area (Å²) in [5.41, 5.74) is -0.0845. The summed E-state index contributed by atoms with van der Waals surface area (Å²) in [6.07, 6.45) is 1.36. The molecule has 0 amide bonds. The fourth-order valence-corrected chi connectivity index (χ4v) is 6.35. The summed E-state index contributed by atoms with van der Waals surface area (Å²) in [5, 5.41) is 3.80. The predicted octanol–water partition coefficient (Wildman–Crippen LogP) is 4.36. The van der Waals surface area contributed by atoms with Gasteiger partial charge in [-0.3, -0.25) is 14.3 Å². The third kappa shape index (κ3) is 7.14. The van der Waals surface area contributed by atoms with Crippen molar-refractivity contribution in [1.82, 2.24) is 14.2 Å². The van der Waals surface area contributed by atoms with Crippen LogP contribution in [0.2, 0.25) is 0 Å². The van der Waals surface area contributed by atoms with Gasteiger partial charge in [-0.2, -0.15) is 11.3 Å². The summed E-state index contributed by atoms with van der Waals surface area (Å²) in [6, 6.07) is 2.22. The largest absolute Gasteiger partial charge is 0.352 e. The molecule has 1 aliphatic rings. The molecule has 3 heterocycles. The molecule has 0 spiro atoms. The first kappa shape index (κ1) is 28.3. The first-order valence-corrected chi connectivity index (χ1v) is 14.1. The van der Waals surface area contributed by atoms with Crippen molar-refractivity contribution in [2.75, 3.05) is 13.2 Å². The molecule has 0 aliphatic carbocycles. The Labute approximate surface area is 217 Å². The molecule has 2 aromatic heterocycles. The molecule has 9 nitrogen and oxygen atoms in total. The summed E-state index contributed by atoms with van der Waals surface area (Å²) >= 11 is 1.52. The maximum Gasteiger partial charge on any atom is 0.330 e. The van der Waals surface area contributed by atoms with Crippen molar-refractivity contribution in [1.29, 1.82) is 0 Å². The van der Waals surface area contributed by atoms with E-state index in [0.717, 1.165) is 5.56 Å². The van der Waals surface area contributed by atoms with E-state index in [4.69, 9.17) is 20.4 Å². The van der Waals surface area contributed by atoms with Gasteiger partial charge in [-0.25, -0.2) is 16.0 Å². The second-order valence-electron chi connectivity index (χ2n) is 8.91. The molecule has 0 bridgehead atoms. The Kier molecular flexibility index (Phi) is 10.4. The zero-order valence-corrected chi connectivity index (χ0v) is 23.0. The number of aromatic amines is 1. The number of nitrogens with one attached hydrogen (secondary N) is 1. The summed E-state index contributed by atoms with van der Waals surface area (Å²) < 4.78 is 22.3. The molecule has 1 aliphatic heterocycles. The highest BCUT2D eigenvalue weighted by Gasteiger charge is 2.40. The summed E-state index contributed by atoms with van der Waals surface area (Å²) in [7, 11) is -1.45. The highest BCUT2D eigenvalue weighted by Crippen LogP contribution is 2.50. The molecule has 2 aromatic rings. The van der Waals surface area contributed by atoms with Gasteiger partial charge in [0.2, 0.25) is 6.54 Å². The van der Waals surface area contributed by atoms with Crippen molar-refractivity contribution in [3.63, 3.8) is 0 Å². The molecule has 36 heavy (non-hydrogen) atoms. The number of thiophene rings is 1. The predicted molar refractivity (Wildman–Crippen MR) is 142 cm³/mol. The smallest absolute Gasteiger partial charge is 0.330 e. The van der Waals surface area contributed by atoms with Gasteiger partial charge in [0, 0.05) is 35.6 Å². The molecule has 194 valence electrons. The lowest BCUT2D eigenvalue weighted by Gasteiger charge is -2.37. The number of hydrogen-bond donors (Lipinski definition) is 1. The normalized spacial score (nSPS) is 20.5. The zero-order chi connectivity index (χ0) is 26.2. The quantitative estimate of drug-likeness (QED) is 0.212. The van der Waals surface area contributed by atoms with Gasteiger partial charge in [0.25, 0.3) is 14.1 Å². The number of ether oxygens (including phenoxy) is 1. The summed E-state index contributed by atoms with van der Waals surface area (Å²) in [5.74, 6) is 5.81. The van der Waals surface area contributed by atoms with Crippen molar-refractivity contribution < 1.29 is 13.8 Å². The van der Waals surface area contributed by atoms with Gasteiger partial charge in [0.05, 0.1) is 12.2 Å². The van der Waals surface area contributed by atoms with E-state index in [1.54, 1.807) is 0 Å². The van der Waals surface area contributed by atoms with Crippen molar-refractivity contribution in [3.8, 4) is 11.8 Å². The Morgan fingerprint density at radius 3 is 2.69 bits per heavy atom.